The van der Waals surface area contributed by atoms with Gasteiger partial charge in [-0.2, -0.15) is 4.31 Å². The molecular formula is C32H42Cl2N2O9S. The Morgan fingerprint density at radius 1 is 0.913 bits per heavy atom. The van der Waals surface area contributed by atoms with E-state index >= 15 is 0 Å². The number of ketones is 1. The van der Waals surface area contributed by atoms with Gasteiger partial charge in [0, 0.05) is 36.4 Å². The third-order valence-electron chi connectivity index (χ3n) is 6.69. The van der Waals surface area contributed by atoms with Gasteiger partial charge in [0.05, 0.1) is 22.7 Å². The lowest BCUT2D eigenvalue weighted by Gasteiger charge is -2.25. The third-order valence-corrected chi connectivity index (χ3v) is 9.15. The van der Waals surface area contributed by atoms with Gasteiger partial charge in [0.2, 0.25) is 16.1 Å². The van der Waals surface area contributed by atoms with Crippen LogP contribution in [0.5, 0.6) is 5.75 Å². The zero-order chi connectivity index (χ0) is 34.5. The van der Waals surface area contributed by atoms with E-state index in [0.29, 0.717) is 30.7 Å². The zero-order valence-corrected chi connectivity index (χ0v) is 29.1. The lowest BCUT2D eigenvalue weighted by atomic mass is 9.87. The molecule has 0 fully saturated rings. The summed E-state index contributed by atoms with van der Waals surface area (Å²) in [5.41, 5.74) is -0.700. The van der Waals surface area contributed by atoms with E-state index in [9.17, 15) is 27.6 Å². The molecule has 1 atom stereocenters. The van der Waals surface area contributed by atoms with E-state index in [2.05, 4.69) is 10.1 Å². The molecule has 0 aliphatic rings. The molecule has 0 saturated carbocycles. The molecule has 2 aromatic rings. The molecular weight excluding hydrogens is 659 g/mol. The number of nitrogens with zero attached hydrogens (tertiary/aromatic N) is 1. The predicted octanol–water partition coefficient (Wildman–Crippen LogP) is 6.06. The molecule has 2 aromatic carbocycles. The number of anilines is 1. The van der Waals surface area contributed by atoms with Crippen molar-refractivity contribution < 1.29 is 41.8 Å². The van der Waals surface area contributed by atoms with Gasteiger partial charge in [-0.05, 0) is 61.7 Å². The van der Waals surface area contributed by atoms with E-state index in [1.165, 1.54) is 53.9 Å². The summed E-state index contributed by atoms with van der Waals surface area (Å²) >= 11 is 12.1. The lowest BCUT2D eigenvalue weighted by molar-refractivity contribution is -0.144. The molecule has 0 aliphatic heterocycles. The molecule has 0 heterocycles. The second-order valence-electron chi connectivity index (χ2n) is 11.5. The van der Waals surface area contributed by atoms with Crippen LogP contribution in [0.25, 0.3) is 0 Å². The molecule has 0 bridgehead atoms. The van der Waals surface area contributed by atoms with Crippen molar-refractivity contribution in [2.75, 3.05) is 32.1 Å². The number of unbranched alkanes of at least 4 members (excludes halogenated alkanes) is 2. The highest BCUT2D eigenvalue weighted by atomic mass is 35.5. The van der Waals surface area contributed by atoms with E-state index in [4.69, 9.17) is 32.7 Å². The molecule has 254 valence electrons. The number of rotatable bonds is 18. The van der Waals surface area contributed by atoms with Crippen molar-refractivity contribution in [3.05, 3.63) is 52.5 Å². The van der Waals surface area contributed by atoms with Crippen molar-refractivity contribution in [2.24, 2.45) is 5.41 Å². The van der Waals surface area contributed by atoms with Crippen LogP contribution in [0.3, 0.4) is 0 Å². The van der Waals surface area contributed by atoms with Crippen LogP contribution in [-0.4, -0.2) is 69.3 Å². The summed E-state index contributed by atoms with van der Waals surface area (Å²) in [7, 11) is -2.65. The average molecular weight is 702 g/mol. The smallest absolute Gasteiger partial charge is 0.305 e. The largest absolute Gasteiger partial charge is 0.473 e. The van der Waals surface area contributed by atoms with Gasteiger partial charge in [0.25, 0.3) is 5.91 Å². The third kappa shape index (κ3) is 12.2. The maximum Gasteiger partial charge on any atom is 0.305 e. The minimum Gasteiger partial charge on any atom is -0.473 e. The standard InChI is InChI=1S/C32H42Cl2N2O9S/c1-6-18-36(19-20-44-28(38)11-9-7-8-10-27(37)43-5)46(41,42)24-15-13-23(14-16-24)45-29(30(39)32(2,3)4)31(40)35-26-17-12-22(33)21-25(26)34/h12-17,21,29H,6-11,18-20H2,1-5H3,(H,35,40). The quantitative estimate of drug-likeness (QED) is 0.111. The fourth-order valence-corrected chi connectivity index (χ4v) is 6.11. The van der Waals surface area contributed by atoms with Gasteiger partial charge >= 0.3 is 11.9 Å². The highest BCUT2D eigenvalue weighted by Crippen LogP contribution is 2.28. The van der Waals surface area contributed by atoms with Gasteiger partial charge in [-0.15, -0.1) is 0 Å². The number of Topliss-reactive ketones (excluding diaryl/α,β-unsaturated/α-hetero) is 1. The maximum absolute atomic E-state index is 13.4. The number of halogens is 2. The van der Waals surface area contributed by atoms with Crippen LogP contribution in [0.15, 0.2) is 47.4 Å². The number of carbonyl (C=O) groups excluding carboxylic acids is 4. The van der Waals surface area contributed by atoms with Crippen LogP contribution in [0.4, 0.5) is 5.69 Å². The van der Waals surface area contributed by atoms with E-state index in [1.54, 1.807) is 20.8 Å². The first kappa shape index (κ1) is 39.0. The van der Waals surface area contributed by atoms with Crippen LogP contribution < -0.4 is 10.1 Å². The summed E-state index contributed by atoms with van der Waals surface area (Å²) in [4.78, 5) is 49.6. The first-order valence-electron chi connectivity index (χ1n) is 14.9. The maximum atomic E-state index is 13.4. The van der Waals surface area contributed by atoms with Gasteiger partial charge in [-0.1, -0.05) is 57.3 Å². The number of methoxy groups -OCH3 is 1. The van der Waals surface area contributed by atoms with E-state index in [1.807, 2.05) is 6.92 Å². The molecule has 1 amide bonds. The van der Waals surface area contributed by atoms with Crippen molar-refractivity contribution in [1.29, 1.82) is 0 Å². The molecule has 46 heavy (non-hydrogen) atoms. The Bertz CT molecular complexity index is 1460. The van der Waals surface area contributed by atoms with Crippen LogP contribution >= 0.6 is 23.2 Å². The second-order valence-corrected chi connectivity index (χ2v) is 14.2. The molecule has 0 radical (unpaired) electrons. The normalized spacial score (nSPS) is 12.3. The molecule has 1 N–H and O–H groups in total. The monoisotopic (exact) mass is 700 g/mol. The predicted molar refractivity (Wildman–Crippen MR) is 176 cm³/mol. The summed E-state index contributed by atoms with van der Waals surface area (Å²) in [5.74, 6) is -1.91. The Morgan fingerprint density at radius 2 is 1.54 bits per heavy atom. The Kier molecular flexibility index (Phi) is 15.4. The summed E-state index contributed by atoms with van der Waals surface area (Å²) < 4.78 is 43.7. The van der Waals surface area contributed by atoms with E-state index in [0.717, 1.165) is 0 Å². The Labute approximate surface area is 280 Å². The number of benzene rings is 2. The van der Waals surface area contributed by atoms with Crippen molar-refractivity contribution >= 4 is 62.5 Å². The molecule has 1 unspecified atom stereocenters. The Hall–Kier alpha value is -3.19. The molecule has 11 nitrogen and oxygen atoms in total. The van der Waals surface area contributed by atoms with E-state index in [-0.39, 0.29) is 59.9 Å². The van der Waals surface area contributed by atoms with Crippen molar-refractivity contribution in [1.82, 2.24) is 4.31 Å². The van der Waals surface area contributed by atoms with E-state index < -0.39 is 39.2 Å². The number of nitrogens with one attached hydrogen (secondary N) is 1. The van der Waals surface area contributed by atoms with Gasteiger partial charge < -0.3 is 19.5 Å². The number of hydrogen-bond acceptors (Lipinski definition) is 9. The van der Waals surface area contributed by atoms with Gasteiger partial charge in [-0.3, -0.25) is 19.2 Å². The van der Waals surface area contributed by atoms with Crippen LogP contribution in [-0.2, 0) is 38.7 Å². The fourth-order valence-electron chi connectivity index (χ4n) is 4.14. The average Bonchev–Trinajstić information content (AvgIpc) is 2.99. The number of sulfonamides is 1. The number of ether oxygens (including phenoxy) is 3. The molecule has 0 aromatic heterocycles. The van der Waals surface area contributed by atoms with Crippen LogP contribution in [0, 0.1) is 5.41 Å². The minimum absolute atomic E-state index is 0.0404. The Balaban J connectivity index is 2.08. The highest BCUT2D eigenvalue weighted by molar-refractivity contribution is 7.89. The molecule has 0 spiro atoms. The number of hydrogen-bond donors (Lipinski definition) is 1. The molecule has 14 heteroatoms. The molecule has 2 rings (SSSR count). The van der Waals surface area contributed by atoms with Crippen LogP contribution in [0.1, 0.15) is 66.2 Å². The summed E-state index contributed by atoms with van der Waals surface area (Å²) in [5, 5.41) is 3.14. The number of amides is 1. The van der Waals surface area contributed by atoms with Crippen molar-refractivity contribution in [2.45, 2.75) is 77.2 Å². The second kappa shape index (κ2) is 18.2. The highest BCUT2D eigenvalue weighted by Gasteiger charge is 2.37. The molecule has 0 saturated heterocycles. The van der Waals surface area contributed by atoms with Gasteiger partial charge in [0.1, 0.15) is 12.4 Å². The van der Waals surface area contributed by atoms with Crippen molar-refractivity contribution in [3.63, 3.8) is 0 Å². The molecule has 0 aliphatic carbocycles. The van der Waals surface area contributed by atoms with Gasteiger partial charge in [0.15, 0.2) is 5.78 Å². The summed E-state index contributed by atoms with van der Waals surface area (Å²) in [6.45, 7) is 6.81. The van der Waals surface area contributed by atoms with Crippen molar-refractivity contribution in [3.8, 4) is 5.75 Å². The first-order valence-corrected chi connectivity index (χ1v) is 17.1. The van der Waals surface area contributed by atoms with Crippen LogP contribution in [0.2, 0.25) is 10.0 Å². The zero-order valence-electron chi connectivity index (χ0n) is 26.8. The first-order chi connectivity index (χ1) is 21.6. The SMILES string of the molecule is CCCN(CCOC(=O)CCCCCC(=O)OC)S(=O)(=O)c1ccc(OC(C(=O)Nc2ccc(Cl)cc2Cl)C(=O)C(C)(C)C)cc1. The Morgan fingerprint density at radius 3 is 2.11 bits per heavy atom. The summed E-state index contributed by atoms with van der Waals surface area (Å²) in [6.07, 6.45) is 1.21. The minimum atomic E-state index is -3.98. The fraction of sp³-hybridized carbons (Fsp3) is 0.500. The van der Waals surface area contributed by atoms with Gasteiger partial charge in [-0.25, -0.2) is 8.42 Å². The number of esters is 2. The number of carbonyl (C=O) groups is 4. The summed E-state index contributed by atoms with van der Waals surface area (Å²) in [6, 6.07) is 9.85. The topological polar surface area (TPSA) is 145 Å². The lowest BCUT2D eigenvalue weighted by Crippen LogP contribution is -2.45.